The van der Waals surface area contributed by atoms with Crippen molar-refractivity contribution in [3.8, 4) is 0 Å². The Kier molecular flexibility index (Phi) is 3.30. The predicted octanol–water partition coefficient (Wildman–Crippen LogP) is 1.96. The summed E-state index contributed by atoms with van der Waals surface area (Å²) in [4.78, 5) is 30.1. The molecule has 2 N–H and O–H groups in total. The van der Waals surface area contributed by atoms with Gasteiger partial charge >= 0.3 is 0 Å². The lowest BCUT2D eigenvalue weighted by Gasteiger charge is -2.10. The van der Waals surface area contributed by atoms with E-state index < -0.39 is 5.91 Å². The Morgan fingerprint density at radius 1 is 0.966 bits per heavy atom. The number of hydrogen-bond donors (Lipinski definition) is 2. The number of amides is 2. The van der Waals surface area contributed by atoms with Crippen LogP contribution in [-0.2, 0) is 22.7 Å². The molecule has 5 heterocycles. The third kappa shape index (κ3) is 2.25. The predicted molar refractivity (Wildman–Crippen MR) is 109 cm³/mol. The van der Waals surface area contributed by atoms with Gasteiger partial charge in [-0.1, -0.05) is 18.2 Å². The molecule has 2 amide bonds. The Balaban J connectivity index is 1.67. The molecule has 3 aromatic heterocycles. The van der Waals surface area contributed by atoms with Crippen LogP contribution in [0.1, 0.15) is 16.8 Å². The minimum absolute atomic E-state index is 0.364. The third-order valence-corrected chi connectivity index (χ3v) is 5.74. The molecule has 0 atom stereocenters. The third-order valence-electron chi connectivity index (χ3n) is 5.74. The van der Waals surface area contributed by atoms with Gasteiger partial charge in [0.1, 0.15) is 5.65 Å². The average molecular weight is 383 g/mol. The van der Waals surface area contributed by atoms with E-state index in [0.29, 0.717) is 16.8 Å². The average Bonchev–Trinajstić information content (AvgIpc) is 3.36. The van der Waals surface area contributed by atoms with Crippen molar-refractivity contribution in [2.45, 2.75) is 13.1 Å². The monoisotopic (exact) mass is 383 g/mol. The van der Waals surface area contributed by atoms with Crippen molar-refractivity contribution in [2.24, 2.45) is 0 Å². The SMILES string of the molecule is O=C1NC(=O)C(c2cnc3ccccn23)=C1c1ccc2c3c1ccn3CNCC2. The number of fused-ring (bicyclic) bond motifs is 1. The molecule has 0 aliphatic carbocycles. The molecule has 7 nitrogen and oxygen atoms in total. The maximum atomic E-state index is 12.9. The lowest BCUT2D eigenvalue weighted by atomic mass is 9.94. The van der Waals surface area contributed by atoms with Crippen LogP contribution in [0.3, 0.4) is 0 Å². The van der Waals surface area contributed by atoms with E-state index in [2.05, 4.69) is 26.3 Å². The summed E-state index contributed by atoms with van der Waals surface area (Å²) in [6.07, 6.45) is 6.45. The van der Waals surface area contributed by atoms with E-state index in [1.165, 1.54) is 5.56 Å². The number of rotatable bonds is 2. The second-order valence-electron chi connectivity index (χ2n) is 7.33. The van der Waals surface area contributed by atoms with E-state index in [4.69, 9.17) is 0 Å². The molecular formula is C22H17N5O2. The Morgan fingerprint density at radius 2 is 1.86 bits per heavy atom. The number of imide groups is 1. The standard InChI is InChI=1S/C22H17N5O2/c28-21-18(14-5-4-13-6-8-23-12-26-10-7-15(14)20(13)26)19(22(29)25-21)16-11-24-17-3-1-2-9-27(16)17/h1-5,7,9-11,23H,6,8,12H2,(H,25,28,29). The fourth-order valence-electron chi connectivity index (χ4n) is 4.45. The first-order valence-corrected chi connectivity index (χ1v) is 9.56. The molecule has 2 aliphatic heterocycles. The number of pyridine rings is 1. The minimum atomic E-state index is -0.390. The van der Waals surface area contributed by atoms with Crippen molar-refractivity contribution >= 4 is 39.5 Å². The number of benzene rings is 1. The highest BCUT2D eigenvalue weighted by Gasteiger charge is 2.35. The van der Waals surface area contributed by atoms with Crippen LogP contribution in [0.5, 0.6) is 0 Å². The van der Waals surface area contributed by atoms with E-state index in [9.17, 15) is 9.59 Å². The topological polar surface area (TPSA) is 80.4 Å². The molecule has 0 fully saturated rings. The van der Waals surface area contributed by atoms with Gasteiger partial charge in [0, 0.05) is 24.3 Å². The Bertz CT molecular complexity index is 1370. The molecule has 4 aromatic rings. The Morgan fingerprint density at radius 3 is 2.79 bits per heavy atom. The van der Waals surface area contributed by atoms with Gasteiger partial charge in [-0.2, -0.15) is 0 Å². The van der Waals surface area contributed by atoms with Crippen LogP contribution < -0.4 is 10.6 Å². The maximum absolute atomic E-state index is 12.9. The summed E-state index contributed by atoms with van der Waals surface area (Å²) >= 11 is 0. The number of nitrogens with one attached hydrogen (secondary N) is 2. The molecule has 0 saturated carbocycles. The van der Waals surface area contributed by atoms with Crippen molar-refractivity contribution in [3.63, 3.8) is 0 Å². The van der Waals surface area contributed by atoms with Gasteiger partial charge in [0.15, 0.2) is 0 Å². The van der Waals surface area contributed by atoms with Gasteiger partial charge in [-0.3, -0.25) is 24.6 Å². The van der Waals surface area contributed by atoms with Crippen molar-refractivity contribution < 1.29 is 9.59 Å². The molecule has 6 rings (SSSR count). The first-order valence-electron chi connectivity index (χ1n) is 9.56. The molecule has 0 saturated heterocycles. The quantitative estimate of drug-likeness (QED) is 0.519. The summed E-state index contributed by atoms with van der Waals surface area (Å²) in [6.45, 7) is 1.63. The Hall–Kier alpha value is -3.71. The minimum Gasteiger partial charge on any atom is -0.334 e. The number of imidazole rings is 1. The zero-order valence-electron chi connectivity index (χ0n) is 15.5. The fourth-order valence-corrected chi connectivity index (χ4v) is 4.45. The molecule has 142 valence electrons. The zero-order chi connectivity index (χ0) is 19.5. The molecule has 1 aromatic carbocycles. The summed E-state index contributed by atoms with van der Waals surface area (Å²) in [6, 6.07) is 11.7. The summed E-state index contributed by atoms with van der Waals surface area (Å²) < 4.78 is 3.99. The first-order chi connectivity index (χ1) is 14.2. The second kappa shape index (κ2) is 5.89. The first kappa shape index (κ1) is 16.3. The van der Waals surface area contributed by atoms with Gasteiger partial charge in [0.25, 0.3) is 11.8 Å². The normalized spacial score (nSPS) is 16.7. The van der Waals surface area contributed by atoms with Crippen molar-refractivity contribution in [1.29, 1.82) is 0 Å². The maximum Gasteiger partial charge on any atom is 0.261 e. The number of nitrogens with zero attached hydrogens (tertiary/aromatic N) is 3. The van der Waals surface area contributed by atoms with E-state index in [0.717, 1.165) is 41.7 Å². The summed E-state index contributed by atoms with van der Waals surface area (Å²) in [5, 5.41) is 6.87. The van der Waals surface area contributed by atoms with E-state index in [-0.39, 0.29) is 5.91 Å². The summed E-state index contributed by atoms with van der Waals surface area (Å²) in [7, 11) is 0. The van der Waals surface area contributed by atoms with Crippen LogP contribution in [0.2, 0.25) is 0 Å². The second-order valence-corrected chi connectivity index (χ2v) is 7.33. The van der Waals surface area contributed by atoms with Gasteiger partial charge in [0.2, 0.25) is 0 Å². The van der Waals surface area contributed by atoms with Gasteiger partial charge in [0.05, 0.1) is 35.2 Å². The smallest absolute Gasteiger partial charge is 0.261 e. The molecule has 7 heteroatoms. The number of aromatic nitrogens is 3. The largest absolute Gasteiger partial charge is 0.334 e. The lowest BCUT2D eigenvalue weighted by Crippen LogP contribution is -2.23. The van der Waals surface area contributed by atoms with Crippen LogP contribution in [0, 0.1) is 0 Å². The number of carbonyl (C=O) groups is 2. The van der Waals surface area contributed by atoms with E-state index >= 15 is 0 Å². The van der Waals surface area contributed by atoms with Gasteiger partial charge in [-0.05, 0) is 35.7 Å². The highest BCUT2D eigenvalue weighted by molar-refractivity contribution is 6.49. The van der Waals surface area contributed by atoms with Crippen LogP contribution in [0.4, 0.5) is 0 Å². The van der Waals surface area contributed by atoms with Crippen molar-refractivity contribution in [2.75, 3.05) is 6.54 Å². The number of carbonyl (C=O) groups excluding carboxylic acids is 2. The Labute approximate surface area is 165 Å². The molecule has 2 aliphatic rings. The van der Waals surface area contributed by atoms with Crippen LogP contribution in [0.25, 0.3) is 27.7 Å². The zero-order valence-corrected chi connectivity index (χ0v) is 15.5. The molecular weight excluding hydrogens is 366 g/mol. The molecule has 0 unspecified atom stereocenters. The molecule has 29 heavy (non-hydrogen) atoms. The van der Waals surface area contributed by atoms with Crippen molar-refractivity contribution in [3.05, 3.63) is 71.8 Å². The summed E-state index contributed by atoms with van der Waals surface area (Å²) in [5.74, 6) is -0.760. The van der Waals surface area contributed by atoms with Crippen LogP contribution in [0.15, 0.2) is 55.0 Å². The van der Waals surface area contributed by atoms with Crippen molar-refractivity contribution in [1.82, 2.24) is 24.6 Å². The molecule has 0 bridgehead atoms. The van der Waals surface area contributed by atoms with Crippen LogP contribution >= 0.6 is 0 Å². The van der Waals surface area contributed by atoms with E-state index in [1.54, 1.807) is 6.20 Å². The molecule has 0 spiro atoms. The van der Waals surface area contributed by atoms with E-state index in [1.807, 2.05) is 47.1 Å². The van der Waals surface area contributed by atoms with Gasteiger partial charge in [-0.25, -0.2) is 4.98 Å². The van der Waals surface area contributed by atoms with Gasteiger partial charge in [-0.15, -0.1) is 0 Å². The highest BCUT2D eigenvalue weighted by Crippen LogP contribution is 2.37. The summed E-state index contributed by atoms with van der Waals surface area (Å²) in [5.41, 5.74) is 5.23. The van der Waals surface area contributed by atoms with Crippen LogP contribution in [-0.4, -0.2) is 32.3 Å². The fraction of sp³-hybridized carbons (Fsp3) is 0.136. The number of hydrogen-bond acceptors (Lipinski definition) is 4. The van der Waals surface area contributed by atoms with Gasteiger partial charge < -0.3 is 4.57 Å². The lowest BCUT2D eigenvalue weighted by molar-refractivity contribution is -0.122. The molecule has 0 radical (unpaired) electrons. The highest BCUT2D eigenvalue weighted by atomic mass is 16.2.